The number of carboxylic acids is 1. The number of phosphoric acid groups is 1. The summed E-state index contributed by atoms with van der Waals surface area (Å²) in [6, 6.07) is -1.53. The van der Waals surface area contributed by atoms with Crippen molar-refractivity contribution in [1.29, 1.82) is 0 Å². The fraction of sp³-hybridized carbons (Fsp3) is 0.761. The van der Waals surface area contributed by atoms with E-state index in [1.165, 1.54) is 83.5 Å². The first-order valence-corrected chi connectivity index (χ1v) is 24.2. The van der Waals surface area contributed by atoms with Crippen molar-refractivity contribution in [2.24, 2.45) is 5.73 Å². The van der Waals surface area contributed by atoms with Crippen molar-refractivity contribution in [3.63, 3.8) is 0 Å². The van der Waals surface area contributed by atoms with Crippen LogP contribution in [0.15, 0.2) is 48.6 Å². The first-order chi connectivity index (χ1) is 28.1. The SMILES string of the molecule is CCCCC/C=C/C/C=C/C/C=C/CCCCCCC(=O)O[C@H](COC(=O)CCCCCCCCC/C=C/CCCCCCCC)COP(=O)(O)OC[C@H](N)C(=O)O. The van der Waals surface area contributed by atoms with E-state index in [1.54, 1.807) is 0 Å². The first-order valence-electron chi connectivity index (χ1n) is 22.7. The Hall–Kier alpha value is -2.56. The number of phosphoric ester groups is 1. The molecule has 0 radical (unpaired) electrons. The second kappa shape index (κ2) is 41.2. The summed E-state index contributed by atoms with van der Waals surface area (Å²) in [4.78, 5) is 46.0. The van der Waals surface area contributed by atoms with E-state index >= 15 is 0 Å². The molecule has 0 aliphatic heterocycles. The molecule has 0 saturated carbocycles. The molecule has 0 aliphatic carbocycles. The van der Waals surface area contributed by atoms with Crippen molar-refractivity contribution in [3.05, 3.63) is 48.6 Å². The number of hydrogen-bond acceptors (Lipinski definition) is 9. The van der Waals surface area contributed by atoms with Crippen molar-refractivity contribution in [2.75, 3.05) is 19.8 Å². The Morgan fingerprint density at radius 2 is 0.914 bits per heavy atom. The van der Waals surface area contributed by atoms with Crippen LogP contribution in [-0.2, 0) is 37.5 Å². The summed E-state index contributed by atoms with van der Waals surface area (Å²) >= 11 is 0. The third kappa shape index (κ3) is 40.2. The van der Waals surface area contributed by atoms with E-state index in [1.807, 2.05) is 0 Å². The molecule has 0 fully saturated rings. The number of unbranched alkanes of at least 4 members (excludes halogenated alkanes) is 20. The lowest BCUT2D eigenvalue weighted by Crippen LogP contribution is -2.34. The lowest BCUT2D eigenvalue weighted by Gasteiger charge is -2.20. The number of carbonyl (C=O) groups is 3. The van der Waals surface area contributed by atoms with Crippen LogP contribution in [0.2, 0.25) is 0 Å². The highest BCUT2D eigenvalue weighted by Crippen LogP contribution is 2.43. The van der Waals surface area contributed by atoms with E-state index in [4.69, 9.17) is 24.8 Å². The zero-order chi connectivity index (χ0) is 42.8. The summed E-state index contributed by atoms with van der Waals surface area (Å²) in [5.41, 5.74) is 5.33. The number of esters is 2. The van der Waals surface area contributed by atoms with Gasteiger partial charge in [-0.1, -0.05) is 152 Å². The van der Waals surface area contributed by atoms with Gasteiger partial charge in [-0.2, -0.15) is 0 Å². The summed E-state index contributed by atoms with van der Waals surface area (Å²) in [5.74, 6) is -2.41. The van der Waals surface area contributed by atoms with Crippen LogP contribution in [0.25, 0.3) is 0 Å². The fourth-order valence-electron chi connectivity index (χ4n) is 5.95. The van der Waals surface area contributed by atoms with E-state index in [0.29, 0.717) is 12.8 Å². The number of aliphatic carboxylic acids is 1. The van der Waals surface area contributed by atoms with Gasteiger partial charge in [-0.15, -0.1) is 0 Å². The first kappa shape index (κ1) is 55.4. The average molecular weight is 840 g/mol. The molecule has 0 spiro atoms. The lowest BCUT2D eigenvalue weighted by molar-refractivity contribution is -0.161. The monoisotopic (exact) mass is 840 g/mol. The second-order valence-electron chi connectivity index (χ2n) is 15.2. The Bertz CT molecular complexity index is 1170. The highest BCUT2D eigenvalue weighted by atomic mass is 31.2. The summed E-state index contributed by atoms with van der Waals surface area (Å²) in [5, 5.41) is 8.89. The van der Waals surface area contributed by atoms with Gasteiger partial charge in [0.05, 0.1) is 13.2 Å². The number of rotatable bonds is 42. The van der Waals surface area contributed by atoms with Gasteiger partial charge in [0.25, 0.3) is 0 Å². The van der Waals surface area contributed by atoms with Gasteiger partial charge in [-0.05, 0) is 77.0 Å². The molecule has 0 amide bonds. The van der Waals surface area contributed by atoms with E-state index in [9.17, 15) is 23.8 Å². The minimum atomic E-state index is -4.73. The Balaban J connectivity index is 4.39. The van der Waals surface area contributed by atoms with E-state index in [-0.39, 0.29) is 19.4 Å². The molecule has 1 unspecified atom stereocenters. The van der Waals surface area contributed by atoms with E-state index < -0.39 is 51.1 Å². The van der Waals surface area contributed by atoms with Crippen molar-refractivity contribution in [2.45, 2.75) is 206 Å². The van der Waals surface area contributed by atoms with Crippen LogP contribution in [0.3, 0.4) is 0 Å². The minimum absolute atomic E-state index is 0.134. The van der Waals surface area contributed by atoms with Gasteiger partial charge < -0.3 is 25.2 Å². The molecule has 0 aliphatic rings. The van der Waals surface area contributed by atoms with Crippen molar-refractivity contribution >= 4 is 25.7 Å². The van der Waals surface area contributed by atoms with Gasteiger partial charge in [0.15, 0.2) is 6.10 Å². The molecule has 4 N–H and O–H groups in total. The van der Waals surface area contributed by atoms with E-state index in [2.05, 4.69) is 67.0 Å². The number of nitrogens with two attached hydrogens (primary N) is 1. The van der Waals surface area contributed by atoms with Crippen LogP contribution in [0.1, 0.15) is 194 Å². The molecule has 0 aromatic carbocycles. The Labute approximate surface area is 352 Å². The molecule has 3 atom stereocenters. The number of carbonyl (C=O) groups excluding carboxylic acids is 2. The van der Waals surface area contributed by atoms with Crippen molar-refractivity contribution in [3.8, 4) is 0 Å². The van der Waals surface area contributed by atoms with Gasteiger partial charge in [0.1, 0.15) is 12.6 Å². The predicted molar refractivity (Wildman–Crippen MR) is 235 cm³/mol. The Morgan fingerprint density at radius 1 is 0.534 bits per heavy atom. The fourth-order valence-corrected chi connectivity index (χ4v) is 6.73. The smallest absolute Gasteiger partial charge is 0.472 e. The molecular formula is C46H82NO10P. The van der Waals surface area contributed by atoms with E-state index in [0.717, 1.165) is 70.6 Å². The average Bonchev–Trinajstić information content (AvgIpc) is 3.20. The minimum Gasteiger partial charge on any atom is -0.480 e. The van der Waals surface area contributed by atoms with Crippen LogP contribution < -0.4 is 5.73 Å². The van der Waals surface area contributed by atoms with Gasteiger partial charge in [0, 0.05) is 12.8 Å². The molecule has 0 aromatic heterocycles. The molecule has 0 heterocycles. The maximum Gasteiger partial charge on any atom is 0.472 e. The Morgan fingerprint density at radius 3 is 1.41 bits per heavy atom. The van der Waals surface area contributed by atoms with Gasteiger partial charge in [-0.3, -0.25) is 23.4 Å². The number of ether oxygens (including phenoxy) is 2. The molecule has 11 nitrogen and oxygen atoms in total. The number of carboxylic acid groups (broad SMARTS) is 1. The highest BCUT2D eigenvalue weighted by Gasteiger charge is 2.28. The maximum atomic E-state index is 12.6. The van der Waals surface area contributed by atoms with Crippen molar-refractivity contribution in [1.82, 2.24) is 0 Å². The zero-order valence-corrected chi connectivity index (χ0v) is 37.3. The quantitative estimate of drug-likeness (QED) is 0.0231. The molecular weight excluding hydrogens is 757 g/mol. The third-order valence-corrected chi connectivity index (χ3v) is 10.5. The summed E-state index contributed by atoms with van der Waals surface area (Å²) in [6.45, 7) is 2.75. The van der Waals surface area contributed by atoms with Gasteiger partial charge in [-0.25, -0.2) is 4.57 Å². The second-order valence-corrected chi connectivity index (χ2v) is 16.6. The lowest BCUT2D eigenvalue weighted by atomic mass is 10.1. The number of hydrogen-bond donors (Lipinski definition) is 3. The molecule has 0 bridgehead atoms. The molecule has 12 heteroatoms. The standard InChI is InChI=1S/C46H82NO10P/c1-3-5-7-9-11-13-15-17-19-21-23-25-27-29-31-33-35-37-44(48)54-39-42(40-55-58(52,53)56-41-43(47)46(50)51)57-45(49)38-36-34-32-30-28-26-24-22-20-18-16-14-12-10-8-6-4-2/h12,14,17-20,24,26,42-43H,3-11,13,15-16,21-23,25,27-41,47H2,1-2H3,(H,50,51)(H,52,53)/b14-12+,19-17+,20-18+,26-24+/t42-,43+/m1/s1. The van der Waals surface area contributed by atoms with Crippen LogP contribution in [0.4, 0.5) is 0 Å². The number of allylic oxidation sites excluding steroid dienone is 8. The third-order valence-electron chi connectivity index (χ3n) is 9.55. The topological polar surface area (TPSA) is 172 Å². The summed E-state index contributed by atoms with van der Waals surface area (Å²) in [7, 11) is -4.73. The maximum absolute atomic E-state index is 12.6. The van der Waals surface area contributed by atoms with Crippen LogP contribution in [-0.4, -0.2) is 59.9 Å². The van der Waals surface area contributed by atoms with Gasteiger partial charge >= 0.3 is 25.7 Å². The summed E-state index contributed by atoms with van der Waals surface area (Å²) in [6.07, 6.45) is 46.0. The normalized spacial score (nSPS) is 14.1. The largest absolute Gasteiger partial charge is 0.480 e. The molecule has 336 valence electrons. The van der Waals surface area contributed by atoms with Gasteiger partial charge in [0.2, 0.25) is 0 Å². The van der Waals surface area contributed by atoms with Crippen molar-refractivity contribution < 1.29 is 47.5 Å². The molecule has 58 heavy (non-hydrogen) atoms. The predicted octanol–water partition coefficient (Wildman–Crippen LogP) is 12.2. The van der Waals surface area contributed by atoms with Crippen LogP contribution in [0, 0.1) is 0 Å². The zero-order valence-electron chi connectivity index (χ0n) is 36.4. The van der Waals surface area contributed by atoms with Crippen LogP contribution in [0.5, 0.6) is 0 Å². The molecule has 0 aromatic rings. The Kier molecular flexibility index (Phi) is 39.4. The summed E-state index contributed by atoms with van der Waals surface area (Å²) < 4.78 is 32.7. The van der Waals surface area contributed by atoms with Crippen LogP contribution >= 0.6 is 7.82 Å². The molecule has 0 saturated heterocycles. The highest BCUT2D eigenvalue weighted by molar-refractivity contribution is 7.47. The molecule has 0 rings (SSSR count).